The Labute approximate surface area is 115 Å². The fourth-order valence-corrected chi connectivity index (χ4v) is 2.07. The Hall–Kier alpha value is -2.00. The molecule has 0 radical (unpaired) electrons. The van der Waals surface area contributed by atoms with Crippen LogP contribution in [0.5, 0.6) is 5.75 Å². The molecule has 96 valence electrons. The summed E-state index contributed by atoms with van der Waals surface area (Å²) < 4.78 is 10.6. The summed E-state index contributed by atoms with van der Waals surface area (Å²) in [6.07, 6.45) is 0. The largest absolute Gasteiger partial charge is 0.489 e. The fraction of sp³-hybridized carbons (Fsp3) is 0.133. The normalized spacial score (nSPS) is 13.0. The van der Waals surface area contributed by atoms with Gasteiger partial charge in [-0.25, -0.2) is 4.79 Å². The van der Waals surface area contributed by atoms with Gasteiger partial charge in [0, 0.05) is 10.6 Å². The number of benzene rings is 2. The standard InChI is InChI=1S/C15H11ClO3/c16-12-3-1-10(2-4-12)8-18-13-5-6-14-11(7-13)9-19-15(14)17/h1-7H,8-9H2. The van der Waals surface area contributed by atoms with Crippen molar-refractivity contribution in [2.45, 2.75) is 13.2 Å². The minimum atomic E-state index is -0.265. The average molecular weight is 275 g/mol. The summed E-state index contributed by atoms with van der Waals surface area (Å²) in [6.45, 7) is 0.789. The van der Waals surface area contributed by atoms with Gasteiger partial charge in [0.25, 0.3) is 0 Å². The van der Waals surface area contributed by atoms with Crippen molar-refractivity contribution in [1.82, 2.24) is 0 Å². The zero-order valence-electron chi connectivity index (χ0n) is 10.1. The predicted molar refractivity (Wildman–Crippen MR) is 71.3 cm³/mol. The Balaban J connectivity index is 1.71. The van der Waals surface area contributed by atoms with Gasteiger partial charge >= 0.3 is 5.97 Å². The summed E-state index contributed by atoms with van der Waals surface area (Å²) in [5.74, 6) is 0.464. The first-order chi connectivity index (χ1) is 9.22. The number of cyclic esters (lactones) is 1. The van der Waals surface area contributed by atoms with Crippen LogP contribution in [0.25, 0.3) is 0 Å². The minimum absolute atomic E-state index is 0.265. The molecule has 1 aliphatic heterocycles. The molecule has 3 nitrogen and oxygen atoms in total. The number of carbonyl (C=O) groups excluding carboxylic acids is 1. The van der Waals surface area contributed by atoms with Crippen molar-refractivity contribution >= 4 is 17.6 Å². The Kier molecular flexibility index (Phi) is 3.13. The first kappa shape index (κ1) is 12.1. The highest BCUT2D eigenvalue weighted by atomic mass is 35.5. The molecule has 19 heavy (non-hydrogen) atoms. The molecule has 3 rings (SSSR count). The van der Waals surface area contributed by atoms with E-state index >= 15 is 0 Å². The maximum absolute atomic E-state index is 11.3. The molecule has 2 aromatic carbocycles. The molecule has 1 aliphatic rings. The van der Waals surface area contributed by atoms with Gasteiger partial charge < -0.3 is 9.47 Å². The molecule has 0 aromatic heterocycles. The molecule has 2 aromatic rings. The highest BCUT2D eigenvalue weighted by molar-refractivity contribution is 6.30. The summed E-state index contributed by atoms with van der Waals surface area (Å²) in [5.41, 5.74) is 2.54. The third-order valence-electron chi connectivity index (χ3n) is 2.97. The van der Waals surface area contributed by atoms with E-state index in [1.807, 2.05) is 30.3 Å². The van der Waals surface area contributed by atoms with Crippen LogP contribution in [-0.4, -0.2) is 5.97 Å². The molecule has 0 atom stereocenters. The van der Waals surface area contributed by atoms with Gasteiger partial charge in [-0.1, -0.05) is 23.7 Å². The van der Waals surface area contributed by atoms with E-state index in [0.717, 1.165) is 16.9 Å². The SMILES string of the molecule is O=C1OCc2cc(OCc3ccc(Cl)cc3)ccc21. The van der Waals surface area contributed by atoms with Crippen molar-refractivity contribution in [2.24, 2.45) is 0 Å². The highest BCUT2D eigenvalue weighted by Gasteiger charge is 2.21. The molecule has 0 saturated carbocycles. The third-order valence-corrected chi connectivity index (χ3v) is 3.23. The summed E-state index contributed by atoms with van der Waals surface area (Å²) >= 11 is 5.82. The van der Waals surface area contributed by atoms with Gasteiger partial charge in [-0.15, -0.1) is 0 Å². The molecular formula is C15H11ClO3. The maximum atomic E-state index is 11.3. The Morgan fingerprint density at radius 1 is 1.16 bits per heavy atom. The number of halogens is 1. The lowest BCUT2D eigenvalue weighted by Crippen LogP contribution is -1.97. The van der Waals surface area contributed by atoms with E-state index < -0.39 is 0 Å². The minimum Gasteiger partial charge on any atom is -0.489 e. The van der Waals surface area contributed by atoms with E-state index in [0.29, 0.717) is 23.8 Å². The van der Waals surface area contributed by atoms with E-state index in [1.54, 1.807) is 12.1 Å². The van der Waals surface area contributed by atoms with Crippen LogP contribution in [0.4, 0.5) is 0 Å². The fourth-order valence-electron chi connectivity index (χ4n) is 1.95. The predicted octanol–water partition coefficient (Wildman–Crippen LogP) is 3.59. The van der Waals surface area contributed by atoms with E-state index in [9.17, 15) is 4.79 Å². The molecule has 0 spiro atoms. The number of carbonyl (C=O) groups is 1. The molecular weight excluding hydrogens is 264 g/mol. The van der Waals surface area contributed by atoms with Gasteiger partial charge in [-0.2, -0.15) is 0 Å². The van der Waals surface area contributed by atoms with Gasteiger partial charge in [0.15, 0.2) is 0 Å². The third kappa shape index (κ3) is 2.56. The smallest absolute Gasteiger partial charge is 0.338 e. The summed E-state index contributed by atoms with van der Waals surface area (Å²) in [6, 6.07) is 12.9. The second kappa shape index (κ2) is 4.94. The molecule has 0 fully saturated rings. The molecule has 0 saturated heterocycles. The topological polar surface area (TPSA) is 35.5 Å². The van der Waals surface area contributed by atoms with Gasteiger partial charge in [0.05, 0.1) is 5.56 Å². The van der Waals surface area contributed by atoms with Crippen LogP contribution < -0.4 is 4.74 Å². The quantitative estimate of drug-likeness (QED) is 0.803. The van der Waals surface area contributed by atoms with Crippen LogP contribution in [0.15, 0.2) is 42.5 Å². The first-order valence-electron chi connectivity index (χ1n) is 5.90. The summed E-state index contributed by atoms with van der Waals surface area (Å²) in [5, 5.41) is 0.706. The van der Waals surface area contributed by atoms with Crippen LogP contribution in [0.1, 0.15) is 21.5 Å². The lowest BCUT2D eigenvalue weighted by molar-refractivity contribution is 0.0535. The molecule has 0 aliphatic carbocycles. The average Bonchev–Trinajstić information content (AvgIpc) is 2.79. The number of rotatable bonds is 3. The Morgan fingerprint density at radius 3 is 2.74 bits per heavy atom. The van der Waals surface area contributed by atoms with Gasteiger partial charge in [-0.3, -0.25) is 0 Å². The number of hydrogen-bond donors (Lipinski definition) is 0. The van der Waals surface area contributed by atoms with E-state index in [1.165, 1.54) is 0 Å². The number of esters is 1. The van der Waals surface area contributed by atoms with Gasteiger partial charge in [-0.05, 0) is 35.9 Å². The number of ether oxygens (including phenoxy) is 2. The van der Waals surface area contributed by atoms with Crippen molar-refractivity contribution in [3.63, 3.8) is 0 Å². The number of hydrogen-bond acceptors (Lipinski definition) is 3. The van der Waals surface area contributed by atoms with E-state index in [-0.39, 0.29) is 5.97 Å². The van der Waals surface area contributed by atoms with Gasteiger partial charge in [0.2, 0.25) is 0 Å². The van der Waals surface area contributed by atoms with Crippen LogP contribution in [0.3, 0.4) is 0 Å². The van der Waals surface area contributed by atoms with Crippen LogP contribution in [0, 0.1) is 0 Å². The molecule has 0 unspecified atom stereocenters. The highest BCUT2D eigenvalue weighted by Crippen LogP contribution is 2.25. The number of fused-ring (bicyclic) bond motifs is 1. The zero-order chi connectivity index (χ0) is 13.2. The molecule has 1 heterocycles. The summed E-state index contributed by atoms with van der Waals surface area (Å²) in [4.78, 5) is 11.3. The second-order valence-electron chi connectivity index (χ2n) is 4.31. The van der Waals surface area contributed by atoms with Crippen LogP contribution >= 0.6 is 11.6 Å². The zero-order valence-corrected chi connectivity index (χ0v) is 10.8. The summed E-state index contributed by atoms with van der Waals surface area (Å²) in [7, 11) is 0. The van der Waals surface area contributed by atoms with Crippen molar-refractivity contribution < 1.29 is 14.3 Å². The molecule has 0 bridgehead atoms. The van der Waals surface area contributed by atoms with Gasteiger partial charge in [0.1, 0.15) is 19.0 Å². The second-order valence-corrected chi connectivity index (χ2v) is 4.75. The van der Waals surface area contributed by atoms with Crippen molar-refractivity contribution in [3.8, 4) is 5.75 Å². The van der Waals surface area contributed by atoms with Crippen molar-refractivity contribution in [2.75, 3.05) is 0 Å². The van der Waals surface area contributed by atoms with Crippen molar-refractivity contribution in [1.29, 1.82) is 0 Å². The monoisotopic (exact) mass is 274 g/mol. The van der Waals surface area contributed by atoms with Crippen LogP contribution in [0.2, 0.25) is 5.02 Å². The molecule has 0 N–H and O–H groups in total. The lowest BCUT2D eigenvalue weighted by Gasteiger charge is -2.07. The van der Waals surface area contributed by atoms with E-state index in [2.05, 4.69) is 0 Å². The first-order valence-corrected chi connectivity index (χ1v) is 6.27. The Bertz CT molecular complexity index is 620. The lowest BCUT2D eigenvalue weighted by atomic mass is 10.1. The van der Waals surface area contributed by atoms with Crippen LogP contribution in [-0.2, 0) is 18.0 Å². The Morgan fingerprint density at radius 2 is 1.95 bits per heavy atom. The van der Waals surface area contributed by atoms with Crippen molar-refractivity contribution in [3.05, 3.63) is 64.2 Å². The maximum Gasteiger partial charge on any atom is 0.338 e. The molecule has 4 heteroatoms. The van der Waals surface area contributed by atoms with E-state index in [4.69, 9.17) is 21.1 Å². The molecule has 0 amide bonds.